The average molecular weight is 315 g/mol. The minimum absolute atomic E-state index is 0.112. The first-order valence-electron chi connectivity index (χ1n) is 6.70. The van der Waals surface area contributed by atoms with Crippen LogP contribution in [0.1, 0.15) is 23.1 Å². The molecule has 1 aliphatic rings. The summed E-state index contributed by atoms with van der Waals surface area (Å²) in [6.45, 7) is 0.290. The van der Waals surface area contributed by atoms with Gasteiger partial charge in [0.1, 0.15) is 12.4 Å². The van der Waals surface area contributed by atoms with Crippen molar-refractivity contribution in [3.05, 3.63) is 34.9 Å². The van der Waals surface area contributed by atoms with Gasteiger partial charge < -0.3 is 4.74 Å². The molecular formula is C14H16F3N3O2. The molecule has 1 aromatic rings. The summed E-state index contributed by atoms with van der Waals surface area (Å²) in [5.41, 5.74) is 4.63. The van der Waals surface area contributed by atoms with Crippen molar-refractivity contribution in [3.8, 4) is 0 Å². The number of hydrazine groups is 1. The zero-order chi connectivity index (χ0) is 16.2. The molecule has 8 heteroatoms. The van der Waals surface area contributed by atoms with Gasteiger partial charge in [0.05, 0.1) is 5.56 Å². The maximum Gasteiger partial charge on any atom is 0.416 e. The number of nitrogens with one attached hydrogen (secondary N) is 2. The molecule has 2 rings (SSSR count). The van der Waals surface area contributed by atoms with Gasteiger partial charge in [0, 0.05) is 19.3 Å². The Kier molecular flexibility index (Phi) is 5.02. The van der Waals surface area contributed by atoms with E-state index in [9.17, 15) is 18.0 Å². The monoisotopic (exact) mass is 315 g/mol. The number of alkyl halides is 3. The Morgan fingerprint density at radius 1 is 1.32 bits per heavy atom. The Bertz CT molecular complexity index is 585. The minimum Gasteiger partial charge on any atom is -0.385 e. The number of nitrogens with zero attached hydrogens (tertiary/aromatic N) is 1. The third kappa shape index (κ3) is 3.97. The van der Waals surface area contributed by atoms with Crippen molar-refractivity contribution < 1.29 is 22.7 Å². The highest BCUT2D eigenvalue weighted by Crippen LogP contribution is 2.33. The standard InChI is InChI=1S/C14H16F3N3O2/c1-22-6-2-3-9-4-5-10(7-11(9)14(15,16)17)13-18-8-12(21)19-20-13/h4-5,7H,2-3,6,8H2,1H3,(H,18,20)(H,19,21). The first kappa shape index (κ1) is 16.3. The first-order chi connectivity index (χ1) is 10.4. The van der Waals surface area contributed by atoms with Crippen LogP contribution in [-0.2, 0) is 22.1 Å². The summed E-state index contributed by atoms with van der Waals surface area (Å²) in [4.78, 5) is 14.9. The molecule has 0 atom stereocenters. The fraction of sp³-hybridized carbons (Fsp3) is 0.429. The van der Waals surface area contributed by atoms with Gasteiger partial charge in [0.15, 0.2) is 0 Å². The normalized spacial score (nSPS) is 15.1. The quantitative estimate of drug-likeness (QED) is 0.813. The van der Waals surface area contributed by atoms with Crippen LogP contribution >= 0.6 is 0 Å². The Labute approximate surface area is 125 Å². The van der Waals surface area contributed by atoms with E-state index in [-0.39, 0.29) is 35.8 Å². The molecule has 0 radical (unpaired) electrons. The van der Waals surface area contributed by atoms with Crippen LogP contribution < -0.4 is 10.9 Å². The molecule has 0 aromatic heterocycles. The maximum atomic E-state index is 13.2. The molecule has 120 valence electrons. The van der Waals surface area contributed by atoms with Gasteiger partial charge in [-0.3, -0.25) is 20.6 Å². The Morgan fingerprint density at radius 3 is 2.68 bits per heavy atom. The predicted molar refractivity (Wildman–Crippen MR) is 74.3 cm³/mol. The van der Waals surface area contributed by atoms with Gasteiger partial charge in [0.25, 0.3) is 5.91 Å². The van der Waals surface area contributed by atoms with Gasteiger partial charge in [-0.05, 0) is 24.5 Å². The van der Waals surface area contributed by atoms with Crippen molar-refractivity contribution in [2.24, 2.45) is 4.99 Å². The average Bonchev–Trinajstić information content (AvgIpc) is 2.47. The van der Waals surface area contributed by atoms with Crippen LogP contribution in [0, 0.1) is 0 Å². The zero-order valence-electron chi connectivity index (χ0n) is 12.0. The number of hydrogen-bond acceptors (Lipinski definition) is 4. The number of carbonyl (C=O) groups is 1. The third-order valence-electron chi connectivity index (χ3n) is 3.18. The third-order valence-corrected chi connectivity index (χ3v) is 3.18. The lowest BCUT2D eigenvalue weighted by molar-refractivity contribution is -0.138. The molecule has 0 bridgehead atoms. The molecule has 0 unspecified atom stereocenters. The number of benzene rings is 1. The van der Waals surface area contributed by atoms with E-state index in [1.54, 1.807) is 6.07 Å². The summed E-state index contributed by atoms with van der Waals surface area (Å²) in [6.07, 6.45) is -3.66. The summed E-state index contributed by atoms with van der Waals surface area (Å²) < 4.78 is 44.5. The van der Waals surface area contributed by atoms with E-state index < -0.39 is 11.7 Å². The van der Waals surface area contributed by atoms with Gasteiger partial charge in [0.2, 0.25) is 0 Å². The molecule has 0 fully saturated rings. The second kappa shape index (κ2) is 6.78. The van der Waals surface area contributed by atoms with E-state index in [0.29, 0.717) is 13.0 Å². The van der Waals surface area contributed by atoms with Crippen LogP contribution in [0.3, 0.4) is 0 Å². The highest BCUT2D eigenvalue weighted by molar-refractivity contribution is 6.02. The number of hydrogen-bond donors (Lipinski definition) is 2. The molecule has 0 spiro atoms. The van der Waals surface area contributed by atoms with Crippen molar-refractivity contribution >= 4 is 11.7 Å². The van der Waals surface area contributed by atoms with E-state index >= 15 is 0 Å². The van der Waals surface area contributed by atoms with E-state index in [1.165, 1.54) is 13.2 Å². The van der Waals surface area contributed by atoms with E-state index in [4.69, 9.17) is 4.74 Å². The van der Waals surface area contributed by atoms with Crippen LogP contribution in [0.4, 0.5) is 13.2 Å². The predicted octanol–water partition coefficient (Wildman–Crippen LogP) is 1.67. The van der Waals surface area contributed by atoms with Crippen molar-refractivity contribution in [2.45, 2.75) is 19.0 Å². The van der Waals surface area contributed by atoms with Crippen molar-refractivity contribution in [3.63, 3.8) is 0 Å². The van der Waals surface area contributed by atoms with Crippen LogP contribution in [0.15, 0.2) is 23.2 Å². The Balaban J connectivity index is 2.29. The van der Waals surface area contributed by atoms with E-state index in [2.05, 4.69) is 15.8 Å². The molecular weight excluding hydrogens is 299 g/mol. The number of ether oxygens (including phenoxy) is 1. The highest BCUT2D eigenvalue weighted by atomic mass is 19.4. The second-order valence-corrected chi connectivity index (χ2v) is 4.80. The topological polar surface area (TPSA) is 62.7 Å². The van der Waals surface area contributed by atoms with E-state index in [1.807, 2.05) is 0 Å². The van der Waals surface area contributed by atoms with Gasteiger partial charge in [-0.2, -0.15) is 13.2 Å². The SMILES string of the molecule is COCCCc1ccc(C2=NCC(=O)NN2)cc1C(F)(F)F. The number of amides is 1. The van der Waals surface area contributed by atoms with E-state index in [0.717, 1.165) is 6.07 Å². The number of halogens is 3. The van der Waals surface area contributed by atoms with Crippen LogP contribution in [0.2, 0.25) is 0 Å². The van der Waals surface area contributed by atoms with Crippen molar-refractivity contribution in [1.82, 2.24) is 10.9 Å². The summed E-state index contributed by atoms with van der Waals surface area (Å²) in [7, 11) is 1.51. The Morgan fingerprint density at radius 2 is 2.09 bits per heavy atom. The number of amidine groups is 1. The molecule has 5 nitrogen and oxygen atoms in total. The lowest BCUT2D eigenvalue weighted by Crippen LogP contribution is -2.47. The maximum absolute atomic E-state index is 13.2. The van der Waals surface area contributed by atoms with Gasteiger partial charge in [-0.1, -0.05) is 12.1 Å². The second-order valence-electron chi connectivity index (χ2n) is 4.80. The lowest BCUT2D eigenvalue weighted by atomic mass is 9.99. The molecule has 1 amide bonds. The fourth-order valence-corrected chi connectivity index (χ4v) is 2.13. The number of rotatable bonds is 5. The first-order valence-corrected chi connectivity index (χ1v) is 6.70. The lowest BCUT2D eigenvalue weighted by Gasteiger charge is -2.18. The van der Waals surface area contributed by atoms with Crippen molar-refractivity contribution in [1.29, 1.82) is 0 Å². The van der Waals surface area contributed by atoms with Gasteiger partial charge in [-0.15, -0.1) is 0 Å². The zero-order valence-corrected chi connectivity index (χ0v) is 12.0. The molecule has 2 N–H and O–H groups in total. The Hall–Kier alpha value is -2.09. The molecule has 22 heavy (non-hydrogen) atoms. The number of aryl methyl sites for hydroxylation is 1. The van der Waals surface area contributed by atoms with Crippen LogP contribution in [0.25, 0.3) is 0 Å². The van der Waals surface area contributed by atoms with Crippen LogP contribution in [-0.4, -0.2) is 32.0 Å². The fourth-order valence-electron chi connectivity index (χ4n) is 2.13. The number of aliphatic imine (C=N–C) groups is 1. The summed E-state index contributed by atoms with van der Waals surface area (Å²) in [6, 6.07) is 4.04. The molecule has 1 aliphatic heterocycles. The molecule has 0 saturated carbocycles. The van der Waals surface area contributed by atoms with Gasteiger partial charge in [-0.25, -0.2) is 0 Å². The van der Waals surface area contributed by atoms with Gasteiger partial charge >= 0.3 is 6.18 Å². The van der Waals surface area contributed by atoms with Crippen LogP contribution in [0.5, 0.6) is 0 Å². The molecule has 1 aromatic carbocycles. The smallest absolute Gasteiger partial charge is 0.385 e. The molecule has 0 aliphatic carbocycles. The van der Waals surface area contributed by atoms with Crippen molar-refractivity contribution in [2.75, 3.05) is 20.3 Å². The number of carbonyl (C=O) groups excluding carboxylic acids is 1. The molecule has 0 saturated heterocycles. The number of methoxy groups -OCH3 is 1. The minimum atomic E-state index is -4.45. The summed E-state index contributed by atoms with van der Waals surface area (Å²) in [5.74, 6) is -0.121. The summed E-state index contributed by atoms with van der Waals surface area (Å²) >= 11 is 0. The largest absolute Gasteiger partial charge is 0.416 e. The molecule has 1 heterocycles. The highest BCUT2D eigenvalue weighted by Gasteiger charge is 2.33. The summed E-state index contributed by atoms with van der Waals surface area (Å²) in [5, 5.41) is 0.